The van der Waals surface area contributed by atoms with Crippen LogP contribution in [-0.2, 0) is 0 Å². The van der Waals surface area contributed by atoms with Gasteiger partial charge in [0.05, 0.1) is 5.52 Å². The number of nitrogens with two attached hydrogens (primary N) is 1. The molecule has 0 radical (unpaired) electrons. The highest BCUT2D eigenvalue weighted by molar-refractivity contribution is 5.85. The molecule has 1 aromatic heterocycles. The van der Waals surface area contributed by atoms with Crippen molar-refractivity contribution in [1.82, 2.24) is 4.98 Å². The van der Waals surface area contributed by atoms with E-state index in [1.165, 1.54) is 0 Å². The maximum absolute atomic E-state index is 8.87. The first-order valence-electron chi connectivity index (χ1n) is 5.03. The van der Waals surface area contributed by atoms with Crippen LogP contribution in [0.1, 0.15) is 18.0 Å². The molecule has 0 aliphatic carbocycles. The fourth-order valence-corrected chi connectivity index (χ4v) is 1.75. The highest BCUT2D eigenvalue weighted by Crippen LogP contribution is 2.22. The smallest absolute Gasteiger partial charge is 0.0705 e. The van der Waals surface area contributed by atoms with E-state index in [0.717, 1.165) is 16.5 Å². The number of hydrogen-bond donors (Lipinski definition) is 2. The fourth-order valence-electron chi connectivity index (χ4n) is 1.75. The lowest BCUT2D eigenvalue weighted by molar-refractivity contribution is 0.277. The molecule has 3 nitrogen and oxygen atoms in total. The predicted molar refractivity (Wildman–Crippen MR) is 67.6 cm³/mol. The average Bonchev–Trinajstić information content (AvgIpc) is 2.28. The van der Waals surface area contributed by atoms with Crippen LogP contribution < -0.4 is 5.73 Å². The molecule has 1 unspecified atom stereocenters. The first-order valence-corrected chi connectivity index (χ1v) is 5.03. The number of aliphatic hydroxyl groups is 1. The van der Waals surface area contributed by atoms with Crippen molar-refractivity contribution in [3.05, 3.63) is 42.1 Å². The Morgan fingerprint density at radius 2 is 2.06 bits per heavy atom. The second-order valence-corrected chi connectivity index (χ2v) is 3.54. The van der Waals surface area contributed by atoms with Crippen molar-refractivity contribution in [2.45, 2.75) is 12.5 Å². The summed E-state index contributed by atoms with van der Waals surface area (Å²) < 4.78 is 0. The van der Waals surface area contributed by atoms with Gasteiger partial charge < -0.3 is 10.8 Å². The molecule has 3 N–H and O–H groups in total. The molecular formula is C12H15ClN2O. The van der Waals surface area contributed by atoms with Gasteiger partial charge in [0, 0.05) is 24.2 Å². The predicted octanol–water partition coefficient (Wildman–Crippen LogP) is 2.04. The van der Waals surface area contributed by atoms with Gasteiger partial charge >= 0.3 is 0 Å². The zero-order valence-electron chi connectivity index (χ0n) is 8.84. The van der Waals surface area contributed by atoms with Gasteiger partial charge in [0.1, 0.15) is 0 Å². The van der Waals surface area contributed by atoms with E-state index in [9.17, 15) is 0 Å². The Kier molecular flexibility index (Phi) is 4.68. The molecule has 1 aromatic carbocycles. The minimum Gasteiger partial charge on any atom is -0.396 e. The van der Waals surface area contributed by atoms with Crippen molar-refractivity contribution < 1.29 is 5.11 Å². The Morgan fingerprint density at radius 1 is 1.25 bits per heavy atom. The van der Waals surface area contributed by atoms with Crippen LogP contribution in [0.5, 0.6) is 0 Å². The molecule has 0 aliphatic rings. The molecule has 0 bridgehead atoms. The molecule has 2 rings (SSSR count). The average molecular weight is 239 g/mol. The van der Waals surface area contributed by atoms with Crippen molar-refractivity contribution in [3.63, 3.8) is 0 Å². The highest BCUT2D eigenvalue weighted by atomic mass is 35.5. The quantitative estimate of drug-likeness (QED) is 0.860. The zero-order valence-corrected chi connectivity index (χ0v) is 9.65. The van der Waals surface area contributed by atoms with E-state index in [1.54, 1.807) is 6.20 Å². The number of halogens is 1. The first-order chi connectivity index (χ1) is 7.33. The zero-order chi connectivity index (χ0) is 10.7. The van der Waals surface area contributed by atoms with Crippen LogP contribution >= 0.6 is 12.4 Å². The molecule has 0 saturated heterocycles. The SMILES string of the molecule is Cl.NC(CCO)c1cccc2ncccc12. The molecule has 1 atom stereocenters. The van der Waals surface area contributed by atoms with Crippen molar-refractivity contribution in [2.24, 2.45) is 5.73 Å². The summed E-state index contributed by atoms with van der Waals surface area (Å²) in [6.07, 6.45) is 2.34. The van der Waals surface area contributed by atoms with Crippen LogP contribution in [0.3, 0.4) is 0 Å². The Morgan fingerprint density at radius 3 is 2.81 bits per heavy atom. The standard InChI is InChI=1S/C12H14N2O.ClH/c13-11(6-8-15)9-3-1-5-12-10(9)4-2-7-14-12;/h1-5,7,11,15H,6,8,13H2;1H. The molecular weight excluding hydrogens is 224 g/mol. The molecule has 0 fully saturated rings. The van der Waals surface area contributed by atoms with E-state index >= 15 is 0 Å². The minimum atomic E-state index is -0.122. The van der Waals surface area contributed by atoms with E-state index in [4.69, 9.17) is 10.8 Å². The highest BCUT2D eigenvalue weighted by Gasteiger charge is 2.08. The van der Waals surface area contributed by atoms with Gasteiger partial charge in [-0.1, -0.05) is 18.2 Å². The van der Waals surface area contributed by atoms with Crippen molar-refractivity contribution in [3.8, 4) is 0 Å². The van der Waals surface area contributed by atoms with Crippen molar-refractivity contribution >= 4 is 23.3 Å². The summed E-state index contributed by atoms with van der Waals surface area (Å²) in [4.78, 5) is 4.27. The van der Waals surface area contributed by atoms with Crippen LogP contribution in [0.2, 0.25) is 0 Å². The largest absolute Gasteiger partial charge is 0.396 e. The number of benzene rings is 1. The molecule has 16 heavy (non-hydrogen) atoms. The lowest BCUT2D eigenvalue weighted by Gasteiger charge is -2.12. The third-order valence-electron chi connectivity index (χ3n) is 2.52. The van der Waals surface area contributed by atoms with Crippen molar-refractivity contribution in [1.29, 1.82) is 0 Å². The number of rotatable bonds is 3. The maximum Gasteiger partial charge on any atom is 0.0705 e. The summed E-state index contributed by atoms with van der Waals surface area (Å²) in [7, 11) is 0. The normalized spacial score (nSPS) is 12.1. The number of aliphatic hydroxyl groups excluding tert-OH is 1. The van der Waals surface area contributed by atoms with Gasteiger partial charge in [-0.05, 0) is 24.1 Å². The molecule has 0 saturated carbocycles. The number of fused-ring (bicyclic) bond motifs is 1. The van der Waals surface area contributed by atoms with Gasteiger partial charge in [-0.15, -0.1) is 12.4 Å². The lowest BCUT2D eigenvalue weighted by atomic mass is 10.00. The van der Waals surface area contributed by atoms with Gasteiger partial charge in [-0.3, -0.25) is 4.98 Å². The Hall–Kier alpha value is -1.16. The number of pyridine rings is 1. The molecule has 0 spiro atoms. The van der Waals surface area contributed by atoms with E-state index in [-0.39, 0.29) is 25.1 Å². The van der Waals surface area contributed by atoms with Crippen molar-refractivity contribution in [2.75, 3.05) is 6.61 Å². The second-order valence-electron chi connectivity index (χ2n) is 3.54. The summed E-state index contributed by atoms with van der Waals surface area (Å²) in [6.45, 7) is 0.109. The maximum atomic E-state index is 8.87. The van der Waals surface area contributed by atoms with E-state index in [0.29, 0.717) is 6.42 Å². The molecule has 1 heterocycles. The summed E-state index contributed by atoms with van der Waals surface area (Å²) in [6, 6.07) is 9.69. The fraction of sp³-hybridized carbons (Fsp3) is 0.250. The summed E-state index contributed by atoms with van der Waals surface area (Å²) in [5.74, 6) is 0. The minimum absolute atomic E-state index is 0. The van der Waals surface area contributed by atoms with Crippen LogP contribution in [0.15, 0.2) is 36.5 Å². The van der Waals surface area contributed by atoms with E-state index < -0.39 is 0 Å². The molecule has 4 heteroatoms. The number of aromatic nitrogens is 1. The number of nitrogens with zero attached hydrogens (tertiary/aromatic N) is 1. The Labute approximate surface area is 101 Å². The molecule has 86 valence electrons. The van der Waals surface area contributed by atoms with E-state index in [2.05, 4.69) is 4.98 Å². The summed E-state index contributed by atoms with van der Waals surface area (Å²) in [5, 5.41) is 9.94. The monoisotopic (exact) mass is 238 g/mol. The first kappa shape index (κ1) is 12.9. The Balaban J connectivity index is 0.00000128. The topological polar surface area (TPSA) is 59.1 Å². The summed E-state index contributed by atoms with van der Waals surface area (Å²) in [5.41, 5.74) is 7.98. The second kappa shape index (κ2) is 5.80. The van der Waals surface area contributed by atoms with Gasteiger partial charge in [0.15, 0.2) is 0 Å². The van der Waals surface area contributed by atoms with Gasteiger partial charge in [-0.25, -0.2) is 0 Å². The summed E-state index contributed by atoms with van der Waals surface area (Å²) >= 11 is 0. The lowest BCUT2D eigenvalue weighted by Crippen LogP contribution is -2.12. The van der Waals surface area contributed by atoms with Crippen LogP contribution in [0.4, 0.5) is 0 Å². The Bertz CT molecular complexity index is 456. The van der Waals surface area contributed by atoms with Crippen LogP contribution in [0, 0.1) is 0 Å². The number of hydrogen-bond acceptors (Lipinski definition) is 3. The van der Waals surface area contributed by atoms with Gasteiger partial charge in [0.25, 0.3) is 0 Å². The molecule has 0 aliphatic heterocycles. The molecule has 2 aromatic rings. The molecule has 0 amide bonds. The van der Waals surface area contributed by atoms with Crippen LogP contribution in [-0.4, -0.2) is 16.7 Å². The third kappa shape index (κ3) is 2.50. The third-order valence-corrected chi connectivity index (χ3v) is 2.52. The van der Waals surface area contributed by atoms with Crippen LogP contribution in [0.25, 0.3) is 10.9 Å². The van der Waals surface area contributed by atoms with Gasteiger partial charge in [-0.2, -0.15) is 0 Å². The van der Waals surface area contributed by atoms with E-state index in [1.807, 2.05) is 30.3 Å². The van der Waals surface area contributed by atoms with Gasteiger partial charge in [0.2, 0.25) is 0 Å².